The van der Waals surface area contributed by atoms with Crippen molar-refractivity contribution < 1.29 is 4.79 Å². The van der Waals surface area contributed by atoms with Crippen molar-refractivity contribution in [2.24, 2.45) is 0 Å². The summed E-state index contributed by atoms with van der Waals surface area (Å²) in [5, 5.41) is 9.86. The molecule has 72 valence electrons. The van der Waals surface area contributed by atoms with Crippen LogP contribution >= 0.6 is 0 Å². The predicted molar refractivity (Wildman–Crippen MR) is 56.6 cm³/mol. The summed E-state index contributed by atoms with van der Waals surface area (Å²) >= 11 is 0. The number of aryl methyl sites for hydroxylation is 1. The number of nitrogens with zero attached hydrogens (tertiary/aromatic N) is 2. The molecule has 2 rings (SSSR count). The van der Waals surface area contributed by atoms with E-state index >= 15 is 0 Å². The van der Waals surface area contributed by atoms with E-state index in [4.69, 9.17) is 5.26 Å². The van der Waals surface area contributed by atoms with Crippen molar-refractivity contribution in [3.8, 4) is 6.07 Å². The molecule has 0 aliphatic rings. The second-order valence-electron chi connectivity index (χ2n) is 3.24. The second-order valence-corrected chi connectivity index (χ2v) is 3.24. The van der Waals surface area contributed by atoms with Crippen molar-refractivity contribution in [2.75, 3.05) is 0 Å². The maximum atomic E-state index is 10.8. The van der Waals surface area contributed by atoms with E-state index in [1.165, 1.54) is 0 Å². The van der Waals surface area contributed by atoms with E-state index in [9.17, 15) is 4.79 Å². The minimum atomic E-state index is 0.216. The zero-order chi connectivity index (χ0) is 10.8. The molecule has 0 bridgehead atoms. The van der Waals surface area contributed by atoms with Crippen LogP contribution in [0.25, 0.3) is 10.9 Å². The number of carbonyl (C=O) groups is 1. The van der Waals surface area contributed by atoms with E-state index in [0.29, 0.717) is 11.8 Å². The molecule has 0 saturated heterocycles. The Labute approximate surface area is 87.0 Å². The molecule has 0 radical (unpaired) electrons. The van der Waals surface area contributed by atoms with Crippen LogP contribution in [0.5, 0.6) is 0 Å². The summed E-state index contributed by atoms with van der Waals surface area (Å²) in [6.45, 7) is 1.83. The van der Waals surface area contributed by atoms with E-state index in [2.05, 4.69) is 4.98 Å². The first kappa shape index (κ1) is 9.35. The van der Waals surface area contributed by atoms with E-state index in [1.807, 2.05) is 37.3 Å². The van der Waals surface area contributed by atoms with Gasteiger partial charge in [0.25, 0.3) is 0 Å². The number of carbonyl (C=O) groups excluding carboxylic acids is 1. The number of benzene rings is 1. The van der Waals surface area contributed by atoms with E-state index < -0.39 is 0 Å². The lowest BCUT2D eigenvalue weighted by Gasteiger charge is -2.05. The van der Waals surface area contributed by atoms with Crippen molar-refractivity contribution in [2.45, 2.75) is 6.92 Å². The third-order valence-electron chi connectivity index (χ3n) is 2.40. The van der Waals surface area contributed by atoms with Crippen LogP contribution in [0.2, 0.25) is 0 Å². The smallest absolute Gasteiger partial charge is 0.169 e. The first-order valence-corrected chi connectivity index (χ1v) is 4.52. The maximum absolute atomic E-state index is 10.8. The monoisotopic (exact) mass is 196 g/mol. The summed E-state index contributed by atoms with van der Waals surface area (Å²) in [5.74, 6) is 0. The number of pyridine rings is 1. The van der Waals surface area contributed by atoms with Crippen LogP contribution in [0.4, 0.5) is 0 Å². The Morgan fingerprint density at radius 1 is 1.40 bits per heavy atom. The average Bonchev–Trinajstić information content (AvgIpc) is 2.29. The highest BCUT2D eigenvalue weighted by Crippen LogP contribution is 2.21. The molecule has 3 nitrogen and oxygen atoms in total. The summed E-state index contributed by atoms with van der Waals surface area (Å²) in [7, 11) is 0. The van der Waals surface area contributed by atoms with Crippen LogP contribution in [0.1, 0.15) is 21.6 Å². The molecule has 0 aliphatic heterocycles. The maximum Gasteiger partial charge on any atom is 0.169 e. The van der Waals surface area contributed by atoms with Crippen molar-refractivity contribution in [3.05, 3.63) is 41.1 Å². The molecule has 0 spiro atoms. The number of nitriles is 1. The van der Waals surface area contributed by atoms with Gasteiger partial charge in [-0.15, -0.1) is 0 Å². The number of para-hydroxylation sites is 1. The topological polar surface area (TPSA) is 53.8 Å². The zero-order valence-corrected chi connectivity index (χ0v) is 8.19. The molecular weight excluding hydrogens is 188 g/mol. The Bertz CT molecular complexity index is 582. The molecule has 3 heteroatoms. The van der Waals surface area contributed by atoms with Crippen LogP contribution in [0.3, 0.4) is 0 Å². The van der Waals surface area contributed by atoms with Gasteiger partial charge in [-0.3, -0.25) is 4.79 Å². The first-order chi connectivity index (χ1) is 7.27. The lowest BCUT2D eigenvalue weighted by molar-refractivity contribution is 0.111. The number of hydrogen-bond donors (Lipinski definition) is 0. The Morgan fingerprint density at radius 2 is 2.13 bits per heavy atom. The number of aldehydes is 1. The fraction of sp³-hybridized carbons (Fsp3) is 0.0833. The molecule has 1 aromatic heterocycles. The fourth-order valence-electron chi connectivity index (χ4n) is 1.63. The van der Waals surface area contributed by atoms with Gasteiger partial charge in [-0.05, 0) is 18.6 Å². The number of hydrogen-bond acceptors (Lipinski definition) is 3. The van der Waals surface area contributed by atoms with Crippen molar-refractivity contribution >= 4 is 17.2 Å². The predicted octanol–water partition coefficient (Wildman–Crippen LogP) is 2.23. The summed E-state index contributed by atoms with van der Waals surface area (Å²) in [5.41, 5.74) is 2.14. The van der Waals surface area contributed by atoms with E-state index in [1.54, 1.807) is 0 Å². The van der Waals surface area contributed by atoms with Crippen LogP contribution in [0, 0.1) is 18.3 Å². The highest BCUT2D eigenvalue weighted by Gasteiger charge is 2.10. The average molecular weight is 196 g/mol. The van der Waals surface area contributed by atoms with Crippen LogP contribution in [-0.4, -0.2) is 11.3 Å². The van der Waals surface area contributed by atoms with Crippen LogP contribution < -0.4 is 0 Å². The molecular formula is C12H8N2O. The lowest BCUT2D eigenvalue weighted by Crippen LogP contribution is -1.97. The number of fused-ring (bicyclic) bond motifs is 1. The lowest BCUT2D eigenvalue weighted by atomic mass is 10.0. The van der Waals surface area contributed by atoms with Gasteiger partial charge in [0.1, 0.15) is 11.8 Å². The van der Waals surface area contributed by atoms with Crippen LogP contribution in [0.15, 0.2) is 24.3 Å². The molecule has 2 aromatic rings. The van der Waals surface area contributed by atoms with Crippen molar-refractivity contribution in [1.29, 1.82) is 5.26 Å². The molecule has 0 amide bonds. The Kier molecular flexibility index (Phi) is 2.18. The third-order valence-corrected chi connectivity index (χ3v) is 2.40. The summed E-state index contributed by atoms with van der Waals surface area (Å²) < 4.78 is 0. The van der Waals surface area contributed by atoms with Gasteiger partial charge in [-0.25, -0.2) is 4.98 Å². The molecule has 0 saturated carbocycles. The van der Waals surface area contributed by atoms with Gasteiger partial charge < -0.3 is 0 Å². The van der Waals surface area contributed by atoms with Crippen molar-refractivity contribution in [1.82, 2.24) is 4.98 Å². The first-order valence-electron chi connectivity index (χ1n) is 4.52. The van der Waals surface area contributed by atoms with Gasteiger partial charge in [0, 0.05) is 5.39 Å². The Balaban J connectivity index is 2.95. The normalized spacial score (nSPS) is 9.87. The highest BCUT2D eigenvalue weighted by atomic mass is 16.1. The Hall–Kier alpha value is -2.21. The summed E-state index contributed by atoms with van der Waals surface area (Å²) in [6.07, 6.45) is 0.623. The fourth-order valence-corrected chi connectivity index (χ4v) is 1.63. The van der Waals surface area contributed by atoms with Gasteiger partial charge >= 0.3 is 0 Å². The molecule has 0 aliphatic carbocycles. The molecule has 0 N–H and O–H groups in total. The van der Waals surface area contributed by atoms with Gasteiger partial charge in [0.15, 0.2) is 6.29 Å². The minimum absolute atomic E-state index is 0.216. The number of rotatable bonds is 1. The highest BCUT2D eigenvalue weighted by molar-refractivity contribution is 5.89. The van der Waals surface area contributed by atoms with E-state index in [-0.39, 0.29) is 5.69 Å². The van der Waals surface area contributed by atoms with Gasteiger partial charge in [-0.2, -0.15) is 5.26 Å². The van der Waals surface area contributed by atoms with Gasteiger partial charge in [0.2, 0.25) is 0 Å². The largest absolute Gasteiger partial charge is 0.296 e. The quantitative estimate of drug-likeness (QED) is 0.657. The van der Waals surface area contributed by atoms with Crippen molar-refractivity contribution in [3.63, 3.8) is 0 Å². The molecule has 0 fully saturated rings. The summed E-state index contributed by atoms with van der Waals surface area (Å²) in [6, 6.07) is 9.48. The van der Waals surface area contributed by atoms with Gasteiger partial charge in [0.05, 0.1) is 11.1 Å². The van der Waals surface area contributed by atoms with E-state index in [0.717, 1.165) is 16.5 Å². The van der Waals surface area contributed by atoms with Crippen LogP contribution in [-0.2, 0) is 0 Å². The molecule has 1 heterocycles. The minimum Gasteiger partial charge on any atom is -0.296 e. The SMILES string of the molecule is Cc1c(C#N)c(C=O)nc2ccccc12. The zero-order valence-electron chi connectivity index (χ0n) is 8.19. The summed E-state index contributed by atoms with van der Waals surface area (Å²) in [4.78, 5) is 14.9. The standard InChI is InChI=1S/C12H8N2O/c1-8-9-4-2-3-5-11(9)14-12(7-15)10(8)6-13/h2-5,7H,1H3. The third kappa shape index (κ3) is 1.36. The molecule has 15 heavy (non-hydrogen) atoms. The molecule has 1 aromatic carbocycles. The number of aromatic nitrogens is 1. The molecule has 0 atom stereocenters. The second kappa shape index (κ2) is 3.50. The van der Waals surface area contributed by atoms with Gasteiger partial charge in [-0.1, -0.05) is 18.2 Å². The molecule has 0 unspecified atom stereocenters. The Morgan fingerprint density at radius 3 is 2.80 bits per heavy atom.